The molecule has 23 heavy (non-hydrogen) atoms. The van der Waals surface area contributed by atoms with E-state index >= 15 is 0 Å². The molecule has 1 saturated heterocycles. The van der Waals surface area contributed by atoms with Gasteiger partial charge < -0.3 is 10.2 Å². The van der Waals surface area contributed by atoms with E-state index in [0.717, 1.165) is 30.3 Å². The molecule has 0 bridgehead atoms. The van der Waals surface area contributed by atoms with Crippen LogP contribution >= 0.6 is 0 Å². The van der Waals surface area contributed by atoms with Crippen molar-refractivity contribution < 1.29 is 4.79 Å². The summed E-state index contributed by atoms with van der Waals surface area (Å²) in [5, 5.41) is 2.87. The van der Waals surface area contributed by atoms with Crippen molar-refractivity contribution in [2.75, 3.05) is 23.3 Å². The average molecular weight is 309 g/mol. The number of hydrogen-bond acceptors (Lipinski definition) is 3. The van der Waals surface area contributed by atoms with E-state index in [0.29, 0.717) is 11.4 Å². The normalized spacial score (nSPS) is 17.8. The SMILES string of the molecule is Cc1ccccc1C(=O)Nc1ccc(N2CCCC(C)C2)cn1. The molecule has 0 saturated carbocycles. The average Bonchev–Trinajstić information content (AvgIpc) is 2.56. The van der Waals surface area contributed by atoms with Crippen molar-refractivity contribution in [3.05, 3.63) is 53.7 Å². The lowest BCUT2D eigenvalue weighted by Gasteiger charge is -2.32. The molecule has 1 atom stereocenters. The van der Waals surface area contributed by atoms with E-state index in [1.165, 1.54) is 12.8 Å². The summed E-state index contributed by atoms with van der Waals surface area (Å²) in [6.07, 6.45) is 4.38. The zero-order valence-electron chi connectivity index (χ0n) is 13.7. The van der Waals surface area contributed by atoms with Crippen LogP contribution in [-0.4, -0.2) is 24.0 Å². The van der Waals surface area contributed by atoms with Crippen molar-refractivity contribution in [3.63, 3.8) is 0 Å². The molecule has 120 valence electrons. The molecule has 0 spiro atoms. The van der Waals surface area contributed by atoms with Gasteiger partial charge in [-0.2, -0.15) is 0 Å². The van der Waals surface area contributed by atoms with Crippen LogP contribution in [0.3, 0.4) is 0 Å². The second-order valence-corrected chi connectivity index (χ2v) is 6.36. The van der Waals surface area contributed by atoms with E-state index in [2.05, 4.69) is 22.1 Å². The van der Waals surface area contributed by atoms with Crippen LogP contribution in [0.4, 0.5) is 11.5 Å². The minimum Gasteiger partial charge on any atom is -0.370 e. The van der Waals surface area contributed by atoms with Crippen LogP contribution in [0.15, 0.2) is 42.6 Å². The first kappa shape index (κ1) is 15.5. The molecule has 2 aromatic rings. The molecule has 1 fully saturated rings. The topological polar surface area (TPSA) is 45.2 Å². The molecule has 1 N–H and O–H groups in total. The van der Waals surface area contributed by atoms with E-state index in [1.807, 2.05) is 49.5 Å². The zero-order valence-corrected chi connectivity index (χ0v) is 13.7. The fourth-order valence-electron chi connectivity index (χ4n) is 3.08. The van der Waals surface area contributed by atoms with Crippen LogP contribution in [-0.2, 0) is 0 Å². The van der Waals surface area contributed by atoms with Gasteiger partial charge in [-0.25, -0.2) is 4.98 Å². The third kappa shape index (κ3) is 3.70. The van der Waals surface area contributed by atoms with E-state index in [9.17, 15) is 4.79 Å². The van der Waals surface area contributed by atoms with E-state index in [-0.39, 0.29) is 5.91 Å². The van der Waals surface area contributed by atoms with Gasteiger partial charge in [0.05, 0.1) is 11.9 Å². The van der Waals surface area contributed by atoms with Gasteiger partial charge in [-0.05, 0) is 49.4 Å². The molecular weight excluding hydrogens is 286 g/mol. The third-order valence-electron chi connectivity index (χ3n) is 4.40. The molecule has 1 amide bonds. The number of nitrogens with one attached hydrogen (secondary N) is 1. The van der Waals surface area contributed by atoms with E-state index in [4.69, 9.17) is 0 Å². The lowest BCUT2D eigenvalue weighted by molar-refractivity contribution is 0.102. The second kappa shape index (κ2) is 6.82. The van der Waals surface area contributed by atoms with Crippen LogP contribution in [0.5, 0.6) is 0 Å². The van der Waals surface area contributed by atoms with Crippen molar-refractivity contribution in [1.82, 2.24) is 4.98 Å². The van der Waals surface area contributed by atoms with Crippen molar-refractivity contribution >= 4 is 17.4 Å². The Balaban J connectivity index is 1.68. The number of benzene rings is 1. The maximum absolute atomic E-state index is 12.3. The number of amides is 1. The van der Waals surface area contributed by atoms with E-state index < -0.39 is 0 Å². The molecule has 2 heterocycles. The summed E-state index contributed by atoms with van der Waals surface area (Å²) >= 11 is 0. The minimum absolute atomic E-state index is 0.116. The Kier molecular flexibility index (Phi) is 4.60. The molecule has 1 aromatic heterocycles. The van der Waals surface area contributed by atoms with Gasteiger partial charge in [-0.3, -0.25) is 4.79 Å². The van der Waals surface area contributed by atoms with Crippen molar-refractivity contribution in [3.8, 4) is 0 Å². The Bertz CT molecular complexity index is 681. The molecule has 0 radical (unpaired) electrons. The van der Waals surface area contributed by atoms with Gasteiger partial charge in [0.25, 0.3) is 5.91 Å². The number of nitrogens with zero attached hydrogens (tertiary/aromatic N) is 2. The monoisotopic (exact) mass is 309 g/mol. The summed E-state index contributed by atoms with van der Waals surface area (Å²) in [5.41, 5.74) is 2.78. The lowest BCUT2D eigenvalue weighted by atomic mass is 10.00. The first-order valence-electron chi connectivity index (χ1n) is 8.21. The van der Waals surface area contributed by atoms with Gasteiger partial charge in [0.1, 0.15) is 5.82 Å². The molecule has 4 heteroatoms. The number of hydrogen-bond donors (Lipinski definition) is 1. The smallest absolute Gasteiger partial charge is 0.257 e. The fraction of sp³-hybridized carbons (Fsp3) is 0.368. The molecule has 1 aliphatic heterocycles. The molecule has 1 aliphatic rings. The quantitative estimate of drug-likeness (QED) is 0.936. The molecule has 0 aliphatic carbocycles. The Hall–Kier alpha value is -2.36. The first-order valence-corrected chi connectivity index (χ1v) is 8.21. The number of anilines is 2. The number of carbonyl (C=O) groups excluding carboxylic acids is 1. The second-order valence-electron chi connectivity index (χ2n) is 6.36. The van der Waals surface area contributed by atoms with Gasteiger partial charge in [-0.15, -0.1) is 0 Å². The standard InChI is InChI=1S/C19H23N3O/c1-14-6-5-11-22(13-14)16-9-10-18(20-12-16)21-19(23)17-8-4-3-7-15(17)2/h3-4,7-10,12,14H,5-6,11,13H2,1-2H3,(H,20,21,23). The number of pyridine rings is 1. The van der Waals surface area contributed by atoms with Crippen LogP contribution in [0.2, 0.25) is 0 Å². The van der Waals surface area contributed by atoms with Crippen molar-refractivity contribution in [2.45, 2.75) is 26.7 Å². The van der Waals surface area contributed by atoms with E-state index in [1.54, 1.807) is 0 Å². The lowest BCUT2D eigenvalue weighted by Crippen LogP contribution is -2.34. The predicted octanol–water partition coefficient (Wildman–Crippen LogP) is 3.88. The van der Waals surface area contributed by atoms with Gasteiger partial charge in [0, 0.05) is 18.7 Å². The summed E-state index contributed by atoms with van der Waals surface area (Å²) < 4.78 is 0. The van der Waals surface area contributed by atoms with Gasteiger partial charge in [-0.1, -0.05) is 25.1 Å². The highest BCUT2D eigenvalue weighted by molar-refractivity contribution is 6.04. The van der Waals surface area contributed by atoms with Gasteiger partial charge in [0.15, 0.2) is 0 Å². The Morgan fingerprint density at radius 3 is 2.78 bits per heavy atom. The van der Waals surface area contributed by atoms with Crippen molar-refractivity contribution in [2.24, 2.45) is 5.92 Å². The first-order chi connectivity index (χ1) is 11.1. The Morgan fingerprint density at radius 2 is 2.09 bits per heavy atom. The van der Waals surface area contributed by atoms with Crippen LogP contribution < -0.4 is 10.2 Å². The highest BCUT2D eigenvalue weighted by Crippen LogP contribution is 2.23. The fourth-order valence-corrected chi connectivity index (χ4v) is 3.08. The largest absolute Gasteiger partial charge is 0.370 e. The van der Waals surface area contributed by atoms with Crippen LogP contribution in [0.1, 0.15) is 35.7 Å². The summed E-state index contributed by atoms with van der Waals surface area (Å²) in [6.45, 7) is 6.39. The number of aryl methyl sites for hydroxylation is 1. The molecule has 3 rings (SSSR count). The third-order valence-corrected chi connectivity index (χ3v) is 4.40. The minimum atomic E-state index is -0.116. The number of piperidine rings is 1. The highest BCUT2D eigenvalue weighted by atomic mass is 16.1. The maximum atomic E-state index is 12.3. The zero-order chi connectivity index (χ0) is 16.2. The van der Waals surface area contributed by atoms with Crippen molar-refractivity contribution in [1.29, 1.82) is 0 Å². The summed E-state index contributed by atoms with van der Waals surface area (Å²) in [4.78, 5) is 19.1. The maximum Gasteiger partial charge on any atom is 0.257 e. The number of aromatic nitrogens is 1. The van der Waals surface area contributed by atoms with Gasteiger partial charge in [0.2, 0.25) is 0 Å². The Morgan fingerprint density at radius 1 is 1.26 bits per heavy atom. The highest BCUT2D eigenvalue weighted by Gasteiger charge is 2.17. The molecule has 1 aromatic carbocycles. The predicted molar refractivity (Wildman–Crippen MR) is 94.0 cm³/mol. The summed E-state index contributed by atoms with van der Waals surface area (Å²) in [7, 11) is 0. The summed E-state index contributed by atoms with van der Waals surface area (Å²) in [6, 6.07) is 11.5. The van der Waals surface area contributed by atoms with Gasteiger partial charge >= 0.3 is 0 Å². The summed E-state index contributed by atoms with van der Waals surface area (Å²) in [5.74, 6) is 1.20. The van der Waals surface area contributed by atoms with Crippen LogP contribution in [0, 0.1) is 12.8 Å². The molecule has 1 unspecified atom stereocenters. The van der Waals surface area contributed by atoms with Crippen LogP contribution in [0.25, 0.3) is 0 Å². The molecular formula is C19H23N3O. The number of carbonyl (C=O) groups is 1. The Labute approximate surface area is 137 Å². The number of rotatable bonds is 3. The molecule has 4 nitrogen and oxygen atoms in total.